The summed E-state index contributed by atoms with van der Waals surface area (Å²) < 4.78 is 37.6. The second-order valence-electron chi connectivity index (χ2n) is 6.72. The van der Waals surface area contributed by atoms with E-state index in [0.29, 0.717) is 19.3 Å². The summed E-state index contributed by atoms with van der Waals surface area (Å²) in [6, 6.07) is 0. The second-order valence-corrected chi connectivity index (χ2v) is 8.32. The molecule has 1 fully saturated rings. The van der Waals surface area contributed by atoms with Crippen molar-refractivity contribution in [2.45, 2.75) is 63.7 Å². The van der Waals surface area contributed by atoms with E-state index in [2.05, 4.69) is 5.32 Å². The van der Waals surface area contributed by atoms with E-state index >= 15 is 0 Å². The summed E-state index contributed by atoms with van der Waals surface area (Å²) in [5, 5.41) is 2.54. The minimum atomic E-state index is -3.66. The highest BCUT2D eigenvalue weighted by molar-refractivity contribution is 7.86. The van der Waals surface area contributed by atoms with Gasteiger partial charge in [0, 0.05) is 6.42 Å². The maximum Gasteiger partial charge on any atom is 0.408 e. The molecule has 0 bridgehead atoms. The van der Waals surface area contributed by atoms with Crippen LogP contribution in [0.5, 0.6) is 0 Å². The Morgan fingerprint density at radius 2 is 1.87 bits per heavy atom. The van der Waals surface area contributed by atoms with Crippen LogP contribution in [0.3, 0.4) is 0 Å². The molecule has 134 valence electrons. The fourth-order valence-corrected chi connectivity index (χ4v) is 3.26. The fourth-order valence-electron chi connectivity index (χ4n) is 2.60. The molecule has 9 heteroatoms. The fraction of sp³-hybridized carbons (Fsp3) is 0.857. The van der Waals surface area contributed by atoms with Crippen LogP contribution in [-0.2, 0) is 28.6 Å². The van der Waals surface area contributed by atoms with E-state index in [1.165, 1.54) is 7.11 Å². The highest BCUT2D eigenvalue weighted by Crippen LogP contribution is 2.32. The predicted molar refractivity (Wildman–Crippen MR) is 82.3 cm³/mol. The number of carbonyl (C=O) groups excluding carboxylic acids is 2. The Hall–Kier alpha value is -1.35. The lowest BCUT2D eigenvalue weighted by Gasteiger charge is -2.38. The van der Waals surface area contributed by atoms with Crippen molar-refractivity contribution < 1.29 is 31.7 Å². The zero-order valence-electron chi connectivity index (χ0n) is 14.2. The van der Waals surface area contributed by atoms with E-state index in [4.69, 9.17) is 13.7 Å². The summed E-state index contributed by atoms with van der Waals surface area (Å²) in [4.78, 5) is 24.2. The van der Waals surface area contributed by atoms with Gasteiger partial charge in [-0.3, -0.25) is 4.18 Å². The summed E-state index contributed by atoms with van der Waals surface area (Å²) in [5.41, 5.74) is -2.08. The van der Waals surface area contributed by atoms with Crippen molar-refractivity contribution in [2.24, 2.45) is 0 Å². The number of rotatable bonds is 4. The summed E-state index contributed by atoms with van der Waals surface area (Å²) in [7, 11) is -2.45. The third-order valence-electron chi connectivity index (χ3n) is 3.33. The van der Waals surface area contributed by atoms with Gasteiger partial charge >= 0.3 is 12.1 Å². The van der Waals surface area contributed by atoms with Crippen molar-refractivity contribution in [2.75, 3.05) is 13.4 Å². The number of hydrogen-bond donors (Lipinski definition) is 1. The van der Waals surface area contributed by atoms with E-state index in [0.717, 1.165) is 6.26 Å². The zero-order valence-corrected chi connectivity index (χ0v) is 15.0. The van der Waals surface area contributed by atoms with Crippen molar-refractivity contribution in [1.82, 2.24) is 5.32 Å². The van der Waals surface area contributed by atoms with E-state index < -0.39 is 39.4 Å². The number of nitrogens with one attached hydrogen (secondary N) is 1. The topological polar surface area (TPSA) is 108 Å². The summed E-state index contributed by atoms with van der Waals surface area (Å²) in [5.74, 6) is -0.648. The van der Waals surface area contributed by atoms with Gasteiger partial charge in [-0.15, -0.1) is 0 Å². The van der Waals surface area contributed by atoms with Crippen LogP contribution < -0.4 is 5.32 Å². The van der Waals surface area contributed by atoms with Gasteiger partial charge in [-0.2, -0.15) is 8.42 Å². The molecule has 1 amide bonds. The van der Waals surface area contributed by atoms with Crippen molar-refractivity contribution in [3.8, 4) is 0 Å². The maximum absolute atomic E-state index is 12.2. The smallest absolute Gasteiger partial charge is 0.408 e. The first-order chi connectivity index (χ1) is 10.4. The Balaban J connectivity index is 2.94. The molecule has 0 aromatic heterocycles. The molecule has 0 saturated heterocycles. The normalized spacial score (nSPS) is 25.5. The molecule has 1 rings (SSSR count). The van der Waals surface area contributed by atoms with E-state index in [-0.39, 0.29) is 6.42 Å². The number of alkyl carbamates (subject to hydrolysis) is 1. The van der Waals surface area contributed by atoms with Gasteiger partial charge in [0.2, 0.25) is 0 Å². The van der Waals surface area contributed by atoms with Crippen LogP contribution in [0.15, 0.2) is 0 Å². The lowest BCUT2D eigenvalue weighted by atomic mass is 9.80. The summed E-state index contributed by atoms with van der Waals surface area (Å²) in [6.45, 7) is 5.11. The monoisotopic (exact) mass is 351 g/mol. The molecule has 1 saturated carbocycles. The number of hydrogen-bond acceptors (Lipinski definition) is 7. The molecular weight excluding hydrogens is 326 g/mol. The van der Waals surface area contributed by atoms with Crippen molar-refractivity contribution in [3.63, 3.8) is 0 Å². The minimum Gasteiger partial charge on any atom is -0.467 e. The Morgan fingerprint density at radius 3 is 2.35 bits per heavy atom. The Labute approximate surface area is 137 Å². The predicted octanol–water partition coefficient (Wildman–Crippen LogP) is 1.34. The van der Waals surface area contributed by atoms with E-state index in [1.807, 2.05) is 0 Å². The van der Waals surface area contributed by atoms with Gasteiger partial charge in [-0.1, -0.05) is 0 Å². The summed E-state index contributed by atoms with van der Waals surface area (Å²) >= 11 is 0. The van der Waals surface area contributed by atoms with Crippen LogP contribution in [0.1, 0.15) is 46.5 Å². The molecule has 1 aliphatic rings. The average Bonchev–Trinajstić information content (AvgIpc) is 2.33. The van der Waals surface area contributed by atoms with Crippen LogP contribution in [-0.4, -0.2) is 51.1 Å². The zero-order chi connectivity index (χ0) is 17.9. The molecular formula is C14H25NO7S. The molecule has 0 heterocycles. The van der Waals surface area contributed by atoms with Crippen molar-refractivity contribution in [3.05, 3.63) is 0 Å². The highest BCUT2D eigenvalue weighted by atomic mass is 32.2. The molecule has 1 aliphatic carbocycles. The number of carbonyl (C=O) groups is 2. The SMILES string of the molecule is COC(=O)C1(NC(=O)OC(C)(C)C)CCCC(OS(C)(=O)=O)C1. The van der Waals surface area contributed by atoms with E-state index in [9.17, 15) is 18.0 Å². The lowest BCUT2D eigenvalue weighted by molar-refractivity contribution is -0.151. The van der Waals surface area contributed by atoms with Gasteiger partial charge in [0.1, 0.15) is 11.1 Å². The average molecular weight is 351 g/mol. The first kappa shape index (κ1) is 19.7. The lowest BCUT2D eigenvalue weighted by Crippen LogP contribution is -2.59. The third-order valence-corrected chi connectivity index (χ3v) is 3.95. The Bertz CT molecular complexity index is 552. The minimum absolute atomic E-state index is 0.00594. The Kier molecular flexibility index (Phi) is 6.03. The quantitative estimate of drug-likeness (QED) is 0.601. The van der Waals surface area contributed by atoms with Crippen LogP contribution in [0, 0.1) is 0 Å². The number of ether oxygens (including phenoxy) is 2. The van der Waals surface area contributed by atoms with Crippen LogP contribution >= 0.6 is 0 Å². The number of amides is 1. The molecule has 23 heavy (non-hydrogen) atoms. The van der Waals surface area contributed by atoms with E-state index in [1.54, 1.807) is 20.8 Å². The second kappa shape index (κ2) is 7.04. The molecule has 8 nitrogen and oxygen atoms in total. The molecule has 2 atom stereocenters. The third kappa shape index (κ3) is 6.34. The van der Waals surface area contributed by atoms with Gasteiger partial charge in [0.05, 0.1) is 19.5 Å². The van der Waals surface area contributed by atoms with Crippen LogP contribution in [0.2, 0.25) is 0 Å². The highest BCUT2D eigenvalue weighted by Gasteiger charge is 2.47. The summed E-state index contributed by atoms with van der Waals surface area (Å²) in [6.07, 6.45) is 0.792. The molecule has 0 aromatic rings. The van der Waals surface area contributed by atoms with Crippen molar-refractivity contribution in [1.29, 1.82) is 0 Å². The first-order valence-electron chi connectivity index (χ1n) is 7.35. The molecule has 0 aliphatic heterocycles. The molecule has 0 aromatic carbocycles. The van der Waals surface area contributed by atoms with Crippen LogP contribution in [0.25, 0.3) is 0 Å². The van der Waals surface area contributed by atoms with Gasteiger partial charge < -0.3 is 14.8 Å². The first-order valence-corrected chi connectivity index (χ1v) is 9.16. The van der Waals surface area contributed by atoms with Gasteiger partial charge in [-0.25, -0.2) is 9.59 Å². The van der Waals surface area contributed by atoms with Gasteiger partial charge in [-0.05, 0) is 40.0 Å². The number of esters is 1. The maximum atomic E-state index is 12.2. The standard InChI is InChI=1S/C14H25NO7S/c1-13(2,3)21-12(17)15-14(11(16)20-4)8-6-7-10(9-14)22-23(5,18)19/h10H,6-9H2,1-5H3,(H,15,17). The molecule has 1 N–H and O–H groups in total. The van der Waals surface area contributed by atoms with Crippen molar-refractivity contribution >= 4 is 22.2 Å². The van der Waals surface area contributed by atoms with Gasteiger partial charge in [0.15, 0.2) is 0 Å². The molecule has 2 unspecified atom stereocenters. The van der Waals surface area contributed by atoms with Gasteiger partial charge in [0.25, 0.3) is 10.1 Å². The molecule has 0 spiro atoms. The largest absolute Gasteiger partial charge is 0.467 e. The van der Waals surface area contributed by atoms with Crippen LogP contribution in [0.4, 0.5) is 4.79 Å². The molecule has 0 radical (unpaired) electrons. The Morgan fingerprint density at radius 1 is 1.26 bits per heavy atom. The number of methoxy groups -OCH3 is 1.